The number of benzene rings is 3. The Morgan fingerprint density at radius 3 is 2.30 bits per heavy atom. The Morgan fingerprint density at radius 1 is 1.03 bits per heavy atom. The van der Waals surface area contributed by atoms with E-state index < -0.39 is 0 Å². The number of likely N-dealkylation sites (N-methyl/N-ethyl adjacent to an activating group) is 1. The van der Waals surface area contributed by atoms with Crippen molar-refractivity contribution in [2.75, 3.05) is 37.5 Å². The molecular weight excluding hydrogens is 509 g/mol. The summed E-state index contributed by atoms with van der Waals surface area (Å²) in [5.41, 5.74) is 5.47. The lowest BCUT2D eigenvalue weighted by atomic mass is 9.88. The summed E-state index contributed by atoms with van der Waals surface area (Å²) >= 11 is 6.07. The Labute approximate surface area is 230 Å². The van der Waals surface area contributed by atoms with Crippen molar-refractivity contribution in [3.63, 3.8) is 0 Å². The average Bonchev–Trinajstić information content (AvgIpc) is 2.85. The number of halogens is 2. The van der Waals surface area contributed by atoms with Crippen LogP contribution >= 0.6 is 24.0 Å². The average molecular weight is 543 g/mol. The Balaban J connectivity index is 0.00000380. The van der Waals surface area contributed by atoms with Crippen molar-refractivity contribution in [1.82, 2.24) is 4.90 Å². The first-order chi connectivity index (χ1) is 17.2. The quantitative estimate of drug-likeness (QED) is 0.348. The number of ether oxygens (including phenoxy) is 1. The molecule has 1 aliphatic rings. The molecule has 3 aromatic carbocycles. The highest BCUT2D eigenvalue weighted by atomic mass is 35.5. The van der Waals surface area contributed by atoms with Crippen LogP contribution in [0.25, 0.3) is 11.1 Å². The summed E-state index contributed by atoms with van der Waals surface area (Å²) in [6.07, 6.45) is 0.774. The fourth-order valence-electron chi connectivity index (χ4n) is 4.61. The van der Waals surface area contributed by atoms with E-state index >= 15 is 0 Å². The van der Waals surface area contributed by atoms with Gasteiger partial charge >= 0.3 is 5.97 Å². The van der Waals surface area contributed by atoms with Crippen molar-refractivity contribution < 1.29 is 14.3 Å². The van der Waals surface area contributed by atoms with E-state index in [1.54, 1.807) is 19.1 Å². The van der Waals surface area contributed by atoms with Gasteiger partial charge in [0.2, 0.25) is 5.91 Å². The van der Waals surface area contributed by atoms with Crippen LogP contribution in [0.4, 0.5) is 11.4 Å². The highest BCUT2D eigenvalue weighted by Crippen LogP contribution is 2.41. The van der Waals surface area contributed by atoms with Crippen LogP contribution < -0.4 is 10.2 Å². The SMILES string of the molecule is CC(=O)N1c2ccc(-c3ccc(C(=O)OCCN(C)C)cc3)cc2[C@H](Nc2ccc(Cl)cc2)C[C@@H]1C.Cl. The van der Waals surface area contributed by atoms with E-state index in [2.05, 4.69) is 18.3 Å². The van der Waals surface area contributed by atoms with Gasteiger partial charge in [-0.3, -0.25) is 4.79 Å². The van der Waals surface area contributed by atoms with E-state index in [-0.39, 0.29) is 36.4 Å². The van der Waals surface area contributed by atoms with Gasteiger partial charge in [0.15, 0.2) is 0 Å². The number of hydrogen-bond donors (Lipinski definition) is 1. The number of carbonyl (C=O) groups excluding carboxylic acids is 2. The molecule has 1 aliphatic heterocycles. The van der Waals surface area contributed by atoms with E-state index in [0.717, 1.165) is 34.5 Å². The highest BCUT2D eigenvalue weighted by molar-refractivity contribution is 6.30. The molecule has 0 saturated carbocycles. The minimum atomic E-state index is -0.327. The molecule has 3 aromatic rings. The molecule has 0 saturated heterocycles. The maximum Gasteiger partial charge on any atom is 0.338 e. The van der Waals surface area contributed by atoms with Gasteiger partial charge < -0.3 is 19.9 Å². The predicted octanol–water partition coefficient (Wildman–Crippen LogP) is 6.45. The van der Waals surface area contributed by atoms with Gasteiger partial charge in [0.25, 0.3) is 0 Å². The largest absolute Gasteiger partial charge is 0.461 e. The first-order valence-corrected chi connectivity index (χ1v) is 12.5. The zero-order valence-corrected chi connectivity index (χ0v) is 23.1. The first-order valence-electron chi connectivity index (χ1n) is 12.1. The second-order valence-corrected chi connectivity index (χ2v) is 9.90. The number of hydrogen-bond acceptors (Lipinski definition) is 5. The van der Waals surface area contributed by atoms with Crippen molar-refractivity contribution in [2.24, 2.45) is 0 Å². The summed E-state index contributed by atoms with van der Waals surface area (Å²) in [5.74, 6) is -0.300. The lowest BCUT2D eigenvalue weighted by molar-refractivity contribution is -0.117. The molecule has 0 bridgehead atoms. The first kappa shape index (κ1) is 28.5. The Hall–Kier alpha value is -3.06. The zero-order valence-electron chi connectivity index (χ0n) is 21.5. The van der Waals surface area contributed by atoms with Crippen LogP contribution in [0, 0.1) is 0 Å². The third-order valence-electron chi connectivity index (χ3n) is 6.43. The monoisotopic (exact) mass is 541 g/mol. The smallest absolute Gasteiger partial charge is 0.338 e. The number of fused-ring (bicyclic) bond motifs is 1. The maximum absolute atomic E-state index is 12.5. The maximum atomic E-state index is 12.5. The van der Waals surface area contributed by atoms with Gasteiger partial charge in [-0.15, -0.1) is 12.4 Å². The normalized spacial score (nSPS) is 16.5. The van der Waals surface area contributed by atoms with Crippen LogP contribution in [0.2, 0.25) is 5.02 Å². The van der Waals surface area contributed by atoms with Gasteiger partial charge in [-0.2, -0.15) is 0 Å². The summed E-state index contributed by atoms with van der Waals surface area (Å²) < 4.78 is 5.35. The fourth-order valence-corrected chi connectivity index (χ4v) is 4.74. The molecule has 8 heteroatoms. The van der Waals surface area contributed by atoms with Crippen molar-refractivity contribution in [1.29, 1.82) is 0 Å². The molecule has 37 heavy (non-hydrogen) atoms. The van der Waals surface area contributed by atoms with Gasteiger partial charge in [0.05, 0.1) is 11.6 Å². The molecule has 1 amide bonds. The predicted molar refractivity (Wildman–Crippen MR) is 153 cm³/mol. The van der Waals surface area contributed by atoms with Gasteiger partial charge in [0, 0.05) is 35.9 Å². The number of amides is 1. The lowest BCUT2D eigenvalue weighted by Crippen LogP contribution is -2.43. The molecule has 196 valence electrons. The summed E-state index contributed by atoms with van der Waals surface area (Å²) in [6, 6.07) is 21.4. The molecule has 0 radical (unpaired) electrons. The van der Waals surface area contributed by atoms with Crippen molar-refractivity contribution in [3.05, 3.63) is 82.9 Å². The van der Waals surface area contributed by atoms with Crippen LogP contribution in [0.15, 0.2) is 66.7 Å². The zero-order chi connectivity index (χ0) is 25.8. The number of esters is 1. The topological polar surface area (TPSA) is 61.9 Å². The second-order valence-electron chi connectivity index (χ2n) is 9.47. The summed E-state index contributed by atoms with van der Waals surface area (Å²) in [4.78, 5) is 28.7. The molecule has 0 aromatic heterocycles. The third kappa shape index (κ3) is 6.83. The van der Waals surface area contributed by atoms with E-state index in [1.165, 1.54) is 0 Å². The van der Waals surface area contributed by atoms with Crippen LogP contribution in [0.5, 0.6) is 0 Å². The van der Waals surface area contributed by atoms with Gasteiger partial charge in [-0.05, 0) is 92.7 Å². The van der Waals surface area contributed by atoms with Gasteiger partial charge in [-0.1, -0.05) is 29.8 Å². The van der Waals surface area contributed by atoms with Crippen LogP contribution in [0.3, 0.4) is 0 Å². The number of carbonyl (C=O) groups is 2. The van der Waals surface area contributed by atoms with Crippen LogP contribution in [-0.2, 0) is 9.53 Å². The molecule has 0 spiro atoms. The van der Waals surface area contributed by atoms with Crippen molar-refractivity contribution >= 4 is 47.3 Å². The molecule has 0 unspecified atom stereocenters. The second kappa shape index (κ2) is 12.5. The lowest BCUT2D eigenvalue weighted by Gasteiger charge is -2.39. The Bertz CT molecular complexity index is 1230. The minimum absolute atomic E-state index is 0. The molecular formula is C29H33Cl2N3O3. The van der Waals surface area contributed by atoms with E-state index in [4.69, 9.17) is 16.3 Å². The number of nitrogens with zero attached hydrogens (tertiary/aromatic N) is 2. The van der Waals surface area contributed by atoms with Crippen LogP contribution in [-0.4, -0.2) is 50.1 Å². The number of anilines is 2. The van der Waals surface area contributed by atoms with Gasteiger partial charge in [-0.25, -0.2) is 4.79 Å². The summed E-state index contributed by atoms with van der Waals surface area (Å²) in [6.45, 7) is 4.72. The van der Waals surface area contributed by atoms with E-state index in [1.807, 2.05) is 72.4 Å². The summed E-state index contributed by atoms with van der Waals surface area (Å²) in [7, 11) is 3.88. The van der Waals surface area contributed by atoms with Crippen molar-refractivity contribution in [2.45, 2.75) is 32.4 Å². The van der Waals surface area contributed by atoms with Crippen molar-refractivity contribution in [3.8, 4) is 11.1 Å². The minimum Gasteiger partial charge on any atom is -0.461 e. The van der Waals surface area contributed by atoms with E-state index in [0.29, 0.717) is 23.7 Å². The fraction of sp³-hybridized carbons (Fsp3) is 0.310. The molecule has 0 aliphatic carbocycles. The molecule has 6 nitrogen and oxygen atoms in total. The molecule has 1 N–H and O–H groups in total. The molecule has 4 rings (SSSR count). The number of rotatable bonds is 7. The van der Waals surface area contributed by atoms with Crippen LogP contribution in [0.1, 0.15) is 42.2 Å². The molecule has 2 atom stereocenters. The molecule has 0 fully saturated rings. The Kier molecular flexibility index (Phi) is 9.60. The Morgan fingerprint density at radius 2 is 1.68 bits per heavy atom. The third-order valence-corrected chi connectivity index (χ3v) is 6.68. The highest BCUT2D eigenvalue weighted by Gasteiger charge is 2.32. The van der Waals surface area contributed by atoms with Gasteiger partial charge in [0.1, 0.15) is 6.61 Å². The number of nitrogens with one attached hydrogen (secondary N) is 1. The van der Waals surface area contributed by atoms with E-state index in [9.17, 15) is 9.59 Å². The standard InChI is InChI=1S/C29H32ClN3O3.ClH/c1-19-17-27(31-25-12-10-24(30)11-13-25)26-18-23(9-14-28(26)33(19)20(2)34)21-5-7-22(8-6-21)29(35)36-16-15-32(3)4;/h5-14,18-19,27,31H,15-17H2,1-4H3;1H/t19-,27+;/m0./s1. The summed E-state index contributed by atoms with van der Waals surface area (Å²) in [5, 5.41) is 4.31. The molecule has 1 heterocycles.